The Morgan fingerprint density at radius 1 is 1.04 bits per heavy atom. The van der Waals surface area contributed by atoms with Crippen molar-refractivity contribution < 1.29 is 19.0 Å². The highest BCUT2D eigenvalue weighted by atomic mass is 16.5. The Kier molecular flexibility index (Phi) is 5.86. The molecule has 0 aliphatic carbocycles. The highest BCUT2D eigenvalue weighted by Gasteiger charge is 2.15. The third kappa shape index (κ3) is 4.64. The molecule has 0 aromatic heterocycles. The highest BCUT2D eigenvalue weighted by molar-refractivity contribution is 5.80. The van der Waals surface area contributed by atoms with Crippen LogP contribution in [0.15, 0.2) is 48.5 Å². The third-order valence-corrected chi connectivity index (χ3v) is 3.37. The van der Waals surface area contributed by atoms with Crippen LogP contribution in [0.5, 0.6) is 17.2 Å². The molecular formula is C18H21NO4. The zero-order valence-electron chi connectivity index (χ0n) is 13.5. The van der Waals surface area contributed by atoms with Gasteiger partial charge in [-0.1, -0.05) is 24.3 Å². The number of carbonyl (C=O) groups excluding carboxylic acids is 1. The van der Waals surface area contributed by atoms with Gasteiger partial charge in [0.1, 0.15) is 17.2 Å². The average Bonchev–Trinajstić information content (AvgIpc) is 2.59. The van der Waals surface area contributed by atoms with E-state index in [1.165, 1.54) is 0 Å². The molecule has 1 unspecified atom stereocenters. The maximum absolute atomic E-state index is 12.2. The molecule has 0 saturated carbocycles. The number of amides is 1. The second-order valence-electron chi connectivity index (χ2n) is 4.97. The van der Waals surface area contributed by atoms with Gasteiger partial charge in [-0.3, -0.25) is 4.79 Å². The van der Waals surface area contributed by atoms with Gasteiger partial charge in [0.05, 0.1) is 14.2 Å². The lowest BCUT2D eigenvalue weighted by Crippen LogP contribution is -2.35. The number of carbonyl (C=O) groups is 1. The minimum absolute atomic E-state index is 0.196. The quantitative estimate of drug-likeness (QED) is 0.853. The van der Waals surface area contributed by atoms with E-state index in [0.717, 1.165) is 11.3 Å². The first kappa shape index (κ1) is 16.7. The fraction of sp³-hybridized carbons (Fsp3) is 0.278. The van der Waals surface area contributed by atoms with Crippen LogP contribution in [-0.4, -0.2) is 26.2 Å². The predicted molar refractivity (Wildman–Crippen MR) is 87.9 cm³/mol. The average molecular weight is 315 g/mol. The van der Waals surface area contributed by atoms with Crippen molar-refractivity contribution in [3.8, 4) is 17.2 Å². The molecule has 0 heterocycles. The number of nitrogens with one attached hydrogen (secondary N) is 1. The Hall–Kier alpha value is -2.69. The lowest BCUT2D eigenvalue weighted by Gasteiger charge is -2.16. The molecular weight excluding hydrogens is 294 g/mol. The molecule has 2 rings (SSSR count). The lowest BCUT2D eigenvalue weighted by molar-refractivity contribution is -0.127. The summed E-state index contributed by atoms with van der Waals surface area (Å²) in [4.78, 5) is 12.2. The Balaban J connectivity index is 1.92. The Labute approximate surface area is 136 Å². The summed E-state index contributed by atoms with van der Waals surface area (Å²) in [5.74, 6) is 1.82. The van der Waals surface area contributed by atoms with Crippen LogP contribution in [0.3, 0.4) is 0 Å². The van der Waals surface area contributed by atoms with E-state index in [2.05, 4.69) is 5.32 Å². The van der Waals surface area contributed by atoms with E-state index in [-0.39, 0.29) is 5.91 Å². The molecule has 0 saturated heterocycles. The SMILES string of the molecule is COc1cccc(OC(C)C(=O)NCc2ccccc2OC)c1. The van der Waals surface area contributed by atoms with Crippen LogP contribution >= 0.6 is 0 Å². The number of hydrogen-bond acceptors (Lipinski definition) is 4. The van der Waals surface area contributed by atoms with Crippen LogP contribution < -0.4 is 19.5 Å². The van der Waals surface area contributed by atoms with Gasteiger partial charge in [-0.2, -0.15) is 0 Å². The monoisotopic (exact) mass is 315 g/mol. The van der Waals surface area contributed by atoms with Crippen LogP contribution in [-0.2, 0) is 11.3 Å². The van der Waals surface area contributed by atoms with Crippen molar-refractivity contribution in [3.63, 3.8) is 0 Å². The van der Waals surface area contributed by atoms with E-state index >= 15 is 0 Å². The summed E-state index contributed by atoms with van der Waals surface area (Å²) in [5, 5.41) is 2.85. The zero-order valence-corrected chi connectivity index (χ0v) is 13.5. The van der Waals surface area contributed by atoms with Crippen LogP contribution in [0.1, 0.15) is 12.5 Å². The van der Waals surface area contributed by atoms with Gasteiger partial charge in [0, 0.05) is 18.2 Å². The number of para-hydroxylation sites is 1. The summed E-state index contributed by atoms with van der Waals surface area (Å²) < 4.78 is 16.0. The first-order valence-electron chi connectivity index (χ1n) is 7.34. The number of hydrogen-bond donors (Lipinski definition) is 1. The van der Waals surface area contributed by atoms with Gasteiger partial charge >= 0.3 is 0 Å². The zero-order chi connectivity index (χ0) is 16.7. The molecule has 0 aliphatic heterocycles. The van der Waals surface area contributed by atoms with Crippen molar-refractivity contribution in [3.05, 3.63) is 54.1 Å². The highest BCUT2D eigenvalue weighted by Crippen LogP contribution is 2.20. The third-order valence-electron chi connectivity index (χ3n) is 3.37. The van der Waals surface area contributed by atoms with E-state index in [4.69, 9.17) is 14.2 Å². The largest absolute Gasteiger partial charge is 0.497 e. The van der Waals surface area contributed by atoms with Crippen LogP contribution in [0.25, 0.3) is 0 Å². The van der Waals surface area contributed by atoms with Crippen LogP contribution in [0.4, 0.5) is 0 Å². The van der Waals surface area contributed by atoms with Crippen molar-refractivity contribution in [1.29, 1.82) is 0 Å². The summed E-state index contributed by atoms with van der Waals surface area (Å²) in [6.07, 6.45) is -0.614. The van der Waals surface area contributed by atoms with Crippen molar-refractivity contribution in [2.45, 2.75) is 19.6 Å². The van der Waals surface area contributed by atoms with Crippen molar-refractivity contribution >= 4 is 5.91 Å². The van der Waals surface area contributed by atoms with Gasteiger partial charge in [-0.05, 0) is 25.1 Å². The first-order valence-corrected chi connectivity index (χ1v) is 7.34. The molecule has 122 valence electrons. The minimum Gasteiger partial charge on any atom is -0.497 e. The molecule has 0 aliphatic rings. The van der Waals surface area contributed by atoms with Crippen LogP contribution in [0.2, 0.25) is 0 Å². The summed E-state index contributed by atoms with van der Waals surface area (Å²) in [7, 11) is 3.19. The van der Waals surface area contributed by atoms with Gasteiger partial charge in [-0.15, -0.1) is 0 Å². The lowest BCUT2D eigenvalue weighted by atomic mass is 10.2. The maximum Gasteiger partial charge on any atom is 0.261 e. The molecule has 1 N–H and O–H groups in total. The molecule has 5 nitrogen and oxygen atoms in total. The topological polar surface area (TPSA) is 56.8 Å². The molecule has 23 heavy (non-hydrogen) atoms. The van der Waals surface area contributed by atoms with Gasteiger partial charge < -0.3 is 19.5 Å². The molecule has 0 radical (unpaired) electrons. The number of rotatable bonds is 7. The standard InChI is InChI=1S/C18H21NO4/c1-13(23-16-9-6-8-15(11-16)21-2)18(20)19-12-14-7-4-5-10-17(14)22-3/h4-11,13H,12H2,1-3H3,(H,19,20). The summed E-state index contributed by atoms with van der Waals surface area (Å²) >= 11 is 0. The van der Waals surface area contributed by atoms with Gasteiger partial charge in [0.15, 0.2) is 6.10 Å². The molecule has 2 aromatic rings. The number of benzene rings is 2. The summed E-state index contributed by atoms with van der Waals surface area (Å²) in [6, 6.07) is 14.7. The van der Waals surface area contributed by atoms with E-state index in [9.17, 15) is 4.79 Å². The first-order chi connectivity index (χ1) is 11.1. The van der Waals surface area contributed by atoms with E-state index < -0.39 is 6.10 Å². The van der Waals surface area contributed by atoms with Crippen molar-refractivity contribution in [1.82, 2.24) is 5.32 Å². The summed E-state index contributed by atoms with van der Waals surface area (Å²) in [6.45, 7) is 2.09. The second kappa shape index (κ2) is 8.08. The molecule has 0 fully saturated rings. The van der Waals surface area contributed by atoms with Gasteiger partial charge in [0.25, 0.3) is 5.91 Å². The Bertz CT molecular complexity index is 657. The Morgan fingerprint density at radius 2 is 1.78 bits per heavy atom. The molecule has 2 aromatic carbocycles. The van der Waals surface area contributed by atoms with Crippen molar-refractivity contribution in [2.24, 2.45) is 0 Å². The second-order valence-corrected chi connectivity index (χ2v) is 4.97. The Morgan fingerprint density at radius 3 is 2.52 bits per heavy atom. The fourth-order valence-electron chi connectivity index (χ4n) is 2.11. The fourth-order valence-corrected chi connectivity index (χ4v) is 2.11. The summed E-state index contributed by atoms with van der Waals surface area (Å²) in [5.41, 5.74) is 0.914. The minimum atomic E-state index is -0.614. The molecule has 1 atom stereocenters. The predicted octanol–water partition coefficient (Wildman–Crippen LogP) is 2.79. The van der Waals surface area contributed by atoms with E-state index in [0.29, 0.717) is 18.0 Å². The van der Waals surface area contributed by atoms with E-state index in [1.54, 1.807) is 33.3 Å². The molecule has 0 bridgehead atoms. The molecule has 1 amide bonds. The van der Waals surface area contributed by atoms with Gasteiger partial charge in [0.2, 0.25) is 0 Å². The number of methoxy groups -OCH3 is 2. The normalized spacial score (nSPS) is 11.4. The van der Waals surface area contributed by atoms with Crippen molar-refractivity contribution in [2.75, 3.05) is 14.2 Å². The van der Waals surface area contributed by atoms with E-state index in [1.807, 2.05) is 36.4 Å². The van der Waals surface area contributed by atoms with Gasteiger partial charge in [-0.25, -0.2) is 0 Å². The number of ether oxygens (including phenoxy) is 3. The smallest absolute Gasteiger partial charge is 0.261 e. The molecule has 5 heteroatoms. The molecule has 0 spiro atoms. The van der Waals surface area contributed by atoms with Crippen LogP contribution in [0, 0.1) is 0 Å². The maximum atomic E-state index is 12.2.